The standard InChI is InChI=1S/C12H19NO3S/c1-10(2)13-12(9-17(14,15)16)8-11-6-4-3-5-7-11/h3-7,10,12-13H,8-9H2,1-2H3,(H,14,15,16). The second kappa shape index (κ2) is 6.14. The first-order valence-corrected chi connectivity index (χ1v) is 7.23. The van der Waals surface area contributed by atoms with Gasteiger partial charge in [-0.15, -0.1) is 0 Å². The minimum absolute atomic E-state index is 0.172. The number of hydrogen-bond donors (Lipinski definition) is 2. The molecule has 0 aromatic heterocycles. The van der Waals surface area contributed by atoms with Gasteiger partial charge in [0.1, 0.15) is 0 Å². The van der Waals surface area contributed by atoms with Crippen molar-refractivity contribution in [3.05, 3.63) is 35.9 Å². The Kier molecular flexibility index (Phi) is 5.11. The smallest absolute Gasteiger partial charge is 0.266 e. The average Bonchev–Trinajstić information content (AvgIpc) is 2.15. The normalized spacial score (nSPS) is 13.9. The highest BCUT2D eigenvalue weighted by molar-refractivity contribution is 7.85. The van der Waals surface area contributed by atoms with E-state index in [1.807, 2.05) is 44.2 Å². The fourth-order valence-corrected chi connectivity index (χ4v) is 2.51. The maximum Gasteiger partial charge on any atom is 0.266 e. The van der Waals surface area contributed by atoms with Crippen molar-refractivity contribution in [2.75, 3.05) is 5.75 Å². The second-order valence-corrected chi connectivity index (χ2v) is 5.95. The highest BCUT2D eigenvalue weighted by atomic mass is 32.2. The van der Waals surface area contributed by atoms with Gasteiger partial charge in [-0.2, -0.15) is 8.42 Å². The van der Waals surface area contributed by atoms with E-state index in [0.717, 1.165) is 5.56 Å². The van der Waals surface area contributed by atoms with Gasteiger partial charge < -0.3 is 5.32 Å². The van der Waals surface area contributed by atoms with Crippen LogP contribution in [-0.2, 0) is 16.5 Å². The molecule has 17 heavy (non-hydrogen) atoms. The molecule has 0 bridgehead atoms. The SMILES string of the molecule is CC(C)NC(Cc1ccccc1)CS(=O)(=O)O. The molecule has 0 aliphatic carbocycles. The average molecular weight is 257 g/mol. The fraction of sp³-hybridized carbons (Fsp3) is 0.500. The van der Waals surface area contributed by atoms with E-state index < -0.39 is 10.1 Å². The number of benzene rings is 1. The van der Waals surface area contributed by atoms with Gasteiger partial charge in [-0.05, 0) is 12.0 Å². The maximum absolute atomic E-state index is 10.9. The zero-order valence-corrected chi connectivity index (χ0v) is 10.9. The van der Waals surface area contributed by atoms with Crippen molar-refractivity contribution in [1.29, 1.82) is 0 Å². The van der Waals surface area contributed by atoms with Gasteiger partial charge in [0.25, 0.3) is 10.1 Å². The molecule has 96 valence electrons. The molecule has 0 fully saturated rings. The Morgan fingerprint density at radius 1 is 1.24 bits per heavy atom. The van der Waals surface area contributed by atoms with Gasteiger partial charge >= 0.3 is 0 Å². The Bertz CT molecular complexity index is 428. The summed E-state index contributed by atoms with van der Waals surface area (Å²) >= 11 is 0. The summed E-state index contributed by atoms with van der Waals surface area (Å²) in [5, 5.41) is 3.15. The molecule has 0 saturated carbocycles. The predicted molar refractivity (Wildman–Crippen MR) is 68.6 cm³/mol. The van der Waals surface area contributed by atoms with Crippen LogP contribution in [0, 0.1) is 0 Å². The Hall–Kier alpha value is -0.910. The van der Waals surface area contributed by atoms with Crippen LogP contribution in [0.2, 0.25) is 0 Å². The third-order valence-electron chi connectivity index (χ3n) is 2.31. The first-order valence-electron chi connectivity index (χ1n) is 5.62. The summed E-state index contributed by atoms with van der Waals surface area (Å²) in [6.45, 7) is 3.89. The fourth-order valence-electron chi connectivity index (χ4n) is 1.79. The maximum atomic E-state index is 10.9. The summed E-state index contributed by atoms with van der Waals surface area (Å²) in [5.41, 5.74) is 1.05. The summed E-state index contributed by atoms with van der Waals surface area (Å²) < 4.78 is 30.8. The summed E-state index contributed by atoms with van der Waals surface area (Å²) in [5.74, 6) is -0.264. The molecule has 0 saturated heterocycles. The van der Waals surface area contributed by atoms with Crippen molar-refractivity contribution in [1.82, 2.24) is 5.32 Å². The van der Waals surface area contributed by atoms with Gasteiger partial charge in [-0.3, -0.25) is 4.55 Å². The topological polar surface area (TPSA) is 66.4 Å². The lowest BCUT2D eigenvalue weighted by atomic mass is 10.1. The van der Waals surface area contributed by atoms with Crippen LogP contribution >= 0.6 is 0 Å². The van der Waals surface area contributed by atoms with Gasteiger partial charge in [0.15, 0.2) is 0 Å². The molecule has 1 aromatic rings. The first-order chi connectivity index (χ1) is 7.87. The van der Waals surface area contributed by atoms with Gasteiger partial charge in [0, 0.05) is 12.1 Å². The van der Waals surface area contributed by atoms with Crippen LogP contribution in [0.25, 0.3) is 0 Å². The van der Waals surface area contributed by atoms with Crippen molar-refractivity contribution < 1.29 is 13.0 Å². The molecule has 0 spiro atoms. The third-order valence-corrected chi connectivity index (χ3v) is 3.13. The van der Waals surface area contributed by atoms with Crippen LogP contribution in [0.5, 0.6) is 0 Å². The summed E-state index contributed by atoms with van der Waals surface area (Å²) in [4.78, 5) is 0. The zero-order chi connectivity index (χ0) is 12.9. The first kappa shape index (κ1) is 14.2. The van der Waals surface area contributed by atoms with Gasteiger partial charge in [-0.25, -0.2) is 0 Å². The van der Waals surface area contributed by atoms with Crippen molar-refractivity contribution in [2.45, 2.75) is 32.4 Å². The van der Waals surface area contributed by atoms with Crippen LogP contribution in [0.4, 0.5) is 0 Å². The monoisotopic (exact) mass is 257 g/mol. The molecule has 0 aliphatic heterocycles. The summed E-state index contributed by atoms with van der Waals surface area (Å²) in [6.07, 6.45) is 0.582. The molecule has 4 nitrogen and oxygen atoms in total. The van der Waals surface area contributed by atoms with E-state index in [1.54, 1.807) is 0 Å². The van der Waals surface area contributed by atoms with E-state index >= 15 is 0 Å². The molecule has 0 radical (unpaired) electrons. The van der Waals surface area contributed by atoms with Crippen molar-refractivity contribution in [3.63, 3.8) is 0 Å². The van der Waals surface area contributed by atoms with E-state index in [1.165, 1.54) is 0 Å². The molecule has 5 heteroatoms. The molecule has 1 rings (SSSR count). The van der Waals surface area contributed by atoms with Gasteiger partial charge in [-0.1, -0.05) is 44.2 Å². The number of hydrogen-bond acceptors (Lipinski definition) is 3. The van der Waals surface area contributed by atoms with Crippen molar-refractivity contribution in [2.24, 2.45) is 0 Å². The van der Waals surface area contributed by atoms with E-state index in [0.29, 0.717) is 6.42 Å². The Labute approximate surface area is 103 Å². The van der Waals surface area contributed by atoms with E-state index in [9.17, 15) is 8.42 Å². The van der Waals surface area contributed by atoms with Crippen molar-refractivity contribution >= 4 is 10.1 Å². The Balaban J connectivity index is 2.70. The Morgan fingerprint density at radius 3 is 2.29 bits per heavy atom. The lowest BCUT2D eigenvalue weighted by Gasteiger charge is -2.20. The third kappa shape index (κ3) is 6.41. The van der Waals surface area contributed by atoms with E-state index in [2.05, 4.69) is 5.32 Å². The summed E-state index contributed by atoms with van der Waals surface area (Å²) in [7, 11) is -3.95. The largest absolute Gasteiger partial charge is 0.310 e. The van der Waals surface area contributed by atoms with E-state index in [-0.39, 0.29) is 17.8 Å². The molecule has 1 aromatic carbocycles. The minimum atomic E-state index is -3.95. The number of rotatable bonds is 6. The van der Waals surface area contributed by atoms with Gasteiger partial charge in [0.05, 0.1) is 5.75 Å². The van der Waals surface area contributed by atoms with Crippen LogP contribution in [-0.4, -0.2) is 30.8 Å². The molecule has 0 heterocycles. The Morgan fingerprint density at radius 2 is 1.82 bits per heavy atom. The van der Waals surface area contributed by atoms with Crippen LogP contribution < -0.4 is 5.32 Å². The lowest BCUT2D eigenvalue weighted by molar-refractivity contribution is 0.446. The molecule has 0 aliphatic rings. The van der Waals surface area contributed by atoms with E-state index in [4.69, 9.17) is 4.55 Å². The molecular weight excluding hydrogens is 238 g/mol. The zero-order valence-electron chi connectivity index (χ0n) is 10.1. The molecular formula is C12H19NO3S. The highest BCUT2D eigenvalue weighted by Crippen LogP contribution is 2.05. The lowest BCUT2D eigenvalue weighted by Crippen LogP contribution is -2.41. The minimum Gasteiger partial charge on any atom is -0.310 e. The highest BCUT2D eigenvalue weighted by Gasteiger charge is 2.17. The predicted octanol–water partition coefficient (Wildman–Crippen LogP) is 1.48. The quantitative estimate of drug-likeness (QED) is 0.758. The van der Waals surface area contributed by atoms with Crippen LogP contribution in [0.1, 0.15) is 19.4 Å². The van der Waals surface area contributed by atoms with Crippen LogP contribution in [0.3, 0.4) is 0 Å². The molecule has 0 amide bonds. The second-order valence-electron chi connectivity index (χ2n) is 4.46. The van der Waals surface area contributed by atoms with Crippen LogP contribution in [0.15, 0.2) is 30.3 Å². The van der Waals surface area contributed by atoms with Crippen molar-refractivity contribution in [3.8, 4) is 0 Å². The molecule has 1 atom stereocenters. The van der Waals surface area contributed by atoms with Gasteiger partial charge in [0.2, 0.25) is 0 Å². The molecule has 2 N–H and O–H groups in total. The summed E-state index contributed by atoms with van der Waals surface area (Å²) in [6, 6.07) is 9.53. The number of nitrogens with one attached hydrogen (secondary N) is 1. The molecule has 1 unspecified atom stereocenters.